The summed E-state index contributed by atoms with van der Waals surface area (Å²) >= 11 is 0. The number of nitrogens with zero attached hydrogens (tertiary/aromatic N) is 3. The smallest absolute Gasteiger partial charge is 0.183 e. The largest absolute Gasteiger partial charge is 0.494 e. The van der Waals surface area contributed by atoms with Gasteiger partial charge in [-0.1, -0.05) is 0 Å². The third kappa shape index (κ3) is 2.97. The van der Waals surface area contributed by atoms with Crippen LogP contribution in [0.1, 0.15) is 24.3 Å². The van der Waals surface area contributed by atoms with Crippen molar-refractivity contribution < 1.29 is 9.53 Å². The van der Waals surface area contributed by atoms with E-state index in [1.807, 2.05) is 0 Å². The Kier molecular flexibility index (Phi) is 4.11. The van der Waals surface area contributed by atoms with E-state index in [1.54, 1.807) is 6.92 Å². The first-order chi connectivity index (χ1) is 7.99. The predicted octanol–water partition coefficient (Wildman–Crippen LogP) is -0.245. The van der Waals surface area contributed by atoms with Gasteiger partial charge in [0.1, 0.15) is 6.34 Å². The van der Waals surface area contributed by atoms with Crippen LogP contribution in [0.3, 0.4) is 0 Å². The lowest BCUT2D eigenvalue weighted by Crippen LogP contribution is -2.29. The number of hydrogen-bond acceptors (Lipinski definition) is 6. The lowest BCUT2D eigenvalue weighted by Gasteiger charge is -2.08. The molecule has 0 aliphatic heterocycles. The quantitative estimate of drug-likeness (QED) is 0.428. The molecule has 7 heteroatoms. The van der Waals surface area contributed by atoms with E-state index in [1.165, 1.54) is 24.8 Å². The summed E-state index contributed by atoms with van der Waals surface area (Å²) < 4.78 is 6.23. The normalized spacial score (nSPS) is 13.3. The highest BCUT2D eigenvalue weighted by molar-refractivity contribution is 5.94. The van der Waals surface area contributed by atoms with E-state index >= 15 is 0 Å². The van der Waals surface area contributed by atoms with Crippen LogP contribution in [0.5, 0.6) is 5.75 Å². The molecule has 0 bridgehead atoms. The number of carbonyl (C=O) groups excluding carboxylic acids is 1. The number of nitrogens with one attached hydrogen (secondary N) is 1. The number of rotatable bonds is 4. The van der Waals surface area contributed by atoms with Gasteiger partial charge in [0.25, 0.3) is 0 Å². The third-order valence-electron chi connectivity index (χ3n) is 1.95. The highest BCUT2D eigenvalue weighted by Crippen LogP contribution is 2.12. The topological polar surface area (TPSA) is 106 Å². The second-order valence-corrected chi connectivity index (χ2v) is 3.42. The fraction of sp³-hybridized carbons (Fsp3) is 0.400. The maximum Gasteiger partial charge on any atom is 0.183 e. The van der Waals surface area contributed by atoms with E-state index in [-0.39, 0.29) is 11.5 Å². The molecule has 1 unspecified atom stereocenters. The summed E-state index contributed by atoms with van der Waals surface area (Å²) in [5.41, 5.74) is 6.06. The first kappa shape index (κ1) is 13.0. The predicted molar refractivity (Wildman–Crippen MR) is 62.2 cm³/mol. The van der Waals surface area contributed by atoms with Crippen molar-refractivity contribution in [1.82, 2.24) is 9.78 Å². The van der Waals surface area contributed by atoms with Gasteiger partial charge in [0, 0.05) is 13.0 Å². The molecule has 17 heavy (non-hydrogen) atoms. The summed E-state index contributed by atoms with van der Waals surface area (Å²) in [7, 11) is 1.44. The number of ketones is 1. The van der Waals surface area contributed by atoms with E-state index < -0.39 is 6.17 Å². The monoisotopic (exact) mass is 237 g/mol. The van der Waals surface area contributed by atoms with Gasteiger partial charge < -0.3 is 10.5 Å². The van der Waals surface area contributed by atoms with Gasteiger partial charge in [-0.2, -0.15) is 5.10 Å². The molecule has 0 amide bonds. The molecule has 1 atom stereocenters. The molecular weight excluding hydrogens is 222 g/mol. The summed E-state index contributed by atoms with van der Waals surface area (Å²) in [4.78, 5) is 15.4. The van der Waals surface area contributed by atoms with Crippen molar-refractivity contribution in [2.24, 2.45) is 10.7 Å². The average molecular weight is 237 g/mol. The fourth-order valence-corrected chi connectivity index (χ4v) is 1.26. The maximum absolute atomic E-state index is 11.3. The van der Waals surface area contributed by atoms with Crippen LogP contribution in [0.25, 0.3) is 0 Å². The van der Waals surface area contributed by atoms with E-state index in [4.69, 9.17) is 15.9 Å². The Bertz CT molecular complexity index is 504. The third-order valence-corrected chi connectivity index (χ3v) is 1.95. The number of nitrogens with two attached hydrogens (primary N) is 1. The van der Waals surface area contributed by atoms with Crippen LogP contribution in [0.2, 0.25) is 0 Å². The van der Waals surface area contributed by atoms with Gasteiger partial charge in [-0.05, 0) is 6.92 Å². The number of Topliss-reactive ketones (excluding diaryl/α,β-unsaturated/α-hetero) is 1. The van der Waals surface area contributed by atoms with Crippen molar-refractivity contribution in [1.29, 1.82) is 5.41 Å². The molecule has 0 fully saturated rings. The van der Waals surface area contributed by atoms with E-state index in [9.17, 15) is 4.79 Å². The number of ether oxygens (including phenoxy) is 1. The molecule has 0 spiro atoms. The summed E-state index contributed by atoms with van der Waals surface area (Å²) in [6, 6.07) is 1.53. The van der Waals surface area contributed by atoms with Crippen molar-refractivity contribution in [2.75, 3.05) is 7.11 Å². The Balaban J connectivity index is 3.54. The van der Waals surface area contributed by atoms with Crippen molar-refractivity contribution in [3.05, 3.63) is 17.2 Å². The minimum atomic E-state index is -0.434. The lowest BCUT2D eigenvalue weighted by atomic mass is 10.2. The second-order valence-electron chi connectivity index (χ2n) is 3.42. The minimum Gasteiger partial charge on any atom is -0.494 e. The van der Waals surface area contributed by atoms with Gasteiger partial charge in [-0.25, -0.2) is 9.67 Å². The van der Waals surface area contributed by atoms with E-state index in [0.717, 1.165) is 6.34 Å². The molecule has 3 N–H and O–H groups in total. The molecule has 0 saturated heterocycles. The zero-order valence-electron chi connectivity index (χ0n) is 9.97. The molecule has 0 radical (unpaired) electrons. The van der Waals surface area contributed by atoms with Crippen LogP contribution < -0.4 is 16.0 Å². The average Bonchev–Trinajstić information content (AvgIpc) is 2.27. The Morgan fingerprint density at radius 1 is 1.76 bits per heavy atom. The lowest BCUT2D eigenvalue weighted by molar-refractivity contribution is 0.100. The number of carbonyl (C=O) groups is 1. The Labute approximate surface area is 98.4 Å². The first-order valence-corrected chi connectivity index (χ1v) is 4.98. The molecular formula is C10H15N5O2. The number of aromatic nitrogens is 2. The van der Waals surface area contributed by atoms with Crippen LogP contribution in [0.15, 0.2) is 11.1 Å². The molecule has 0 aliphatic rings. The zero-order chi connectivity index (χ0) is 13.0. The SMILES string of the molecule is COc1cc(=NC(C)N)n(C=N)nc1C(C)=O. The molecule has 7 nitrogen and oxygen atoms in total. The maximum atomic E-state index is 11.3. The van der Waals surface area contributed by atoms with Crippen molar-refractivity contribution in [3.8, 4) is 5.75 Å². The second kappa shape index (κ2) is 5.35. The van der Waals surface area contributed by atoms with Crippen molar-refractivity contribution in [2.45, 2.75) is 20.0 Å². The Morgan fingerprint density at radius 2 is 2.41 bits per heavy atom. The van der Waals surface area contributed by atoms with Gasteiger partial charge in [-0.3, -0.25) is 10.2 Å². The molecule has 1 rings (SSSR count). The molecule has 1 heterocycles. The Hall–Kier alpha value is -2.02. The molecule has 92 valence electrons. The van der Waals surface area contributed by atoms with Crippen LogP contribution in [-0.4, -0.2) is 35.2 Å². The zero-order valence-corrected chi connectivity index (χ0v) is 9.97. The highest BCUT2D eigenvalue weighted by atomic mass is 16.5. The van der Waals surface area contributed by atoms with Crippen LogP contribution in [0.4, 0.5) is 0 Å². The molecule has 1 aromatic rings. The van der Waals surface area contributed by atoms with Gasteiger partial charge in [0.2, 0.25) is 0 Å². The summed E-state index contributed by atoms with van der Waals surface area (Å²) in [6.07, 6.45) is 0.517. The van der Waals surface area contributed by atoms with E-state index in [0.29, 0.717) is 11.2 Å². The summed E-state index contributed by atoms with van der Waals surface area (Å²) in [6.45, 7) is 3.07. The fourth-order valence-electron chi connectivity index (χ4n) is 1.26. The summed E-state index contributed by atoms with van der Waals surface area (Å²) in [5, 5.41) is 11.2. The molecule has 1 aromatic heterocycles. The van der Waals surface area contributed by atoms with E-state index in [2.05, 4.69) is 10.1 Å². The van der Waals surface area contributed by atoms with Crippen LogP contribution in [-0.2, 0) is 0 Å². The molecule has 0 aromatic carbocycles. The van der Waals surface area contributed by atoms with Crippen molar-refractivity contribution >= 4 is 12.1 Å². The van der Waals surface area contributed by atoms with Gasteiger partial charge >= 0.3 is 0 Å². The standard InChI is InChI=1S/C10H15N5O2/c1-6(16)10-8(17-3)4-9(13-7(2)12)15(5-11)14-10/h4-5,7,11H,12H2,1-3H3. The number of hydrogen-bond donors (Lipinski definition) is 2. The van der Waals surface area contributed by atoms with Gasteiger partial charge in [-0.15, -0.1) is 0 Å². The minimum absolute atomic E-state index is 0.152. The van der Waals surface area contributed by atoms with Crippen LogP contribution >= 0.6 is 0 Å². The highest BCUT2D eigenvalue weighted by Gasteiger charge is 2.12. The van der Waals surface area contributed by atoms with Crippen LogP contribution in [0, 0.1) is 5.41 Å². The van der Waals surface area contributed by atoms with Crippen molar-refractivity contribution in [3.63, 3.8) is 0 Å². The molecule has 0 aliphatic carbocycles. The number of methoxy groups -OCH3 is 1. The van der Waals surface area contributed by atoms with Gasteiger partial charge in [0.15, 0.2) is 22.7 Å². The first-order valence-electron chi connectivity index (χ1n) is 4.98. The molecule has 0 saturated carbocycles. The Morgan fingerprint density at radius 3 is 2.82 bits per heavy atom. The summed E-state index contributed by atoms with van der Waals surface area (Å²) in [5.74, 6) is 0.0693. The van der Waals surface area contributed by atoms with Gasteiger partial charge in [0.05, 0.1) is 13.3 Å².